The van der Waals surface area contributed by atoms with Crippen molar-refractivity contribution in [2.45, 2.75) is 38.8 Å². The van der Waals surface area contributed by atoms with Gasteiger partial charge in [-0.1, -0.05) is 18.2 Å². The van der Waals surface area contributed by atoms with E-state index in [4.69, 9.17) is 9.47 Å². The smallest absolute Gasteiger partial charge is 0.124 e. The van der Waals surface area contributed by atoms with Gasteiger partial charge >= 0.3 is 0 Å². The van der Waals surface area contributed by atoms with Gasteiger partial charge in [-0.05, 0) is 26.8 Å². The second kappa shape index (κ2) is 8.25. The van der Waals surface area contributed by atoms with Crippen molar-refractivity contribution >= 4 is 0 Å². The van der Waals surface area contributed by atoms with Crippen molar-refractivity contribution in [1.29, 1.82) is 0 Å². The molecule has 0 amide bonds. The molecule has 0 heterocycles. The van der Waals surface area contributed by atoms with Gasteiger partial charge in [-0.3, -0.25) is 0 Å². The van der Waals surface area contributed by atoms with Crippen LogP contribution in [0.5, 0.6) is 5.75 Å². The molecule has 0 spiro atoms. The molecule has 0 saturated heterocycles. The summed E-state index contributed by atoms with van der Waals surface area (Å²) in [4.78, 5) is 0. The van der Waals surface area contributed by atoms with Gasteiger partial charge in [0.2, 0.25) is 0 Å². The minimum atomic E-state index is -0.773. The highest BCUT2D eigenvalue weighted by molar-refractivity contribution is 5.35. The zero-order valence-electron chi connectivity index (χ0n) is 13.0. The Kier molecular flexibility index (Phi) is 6.99. The second-order valence-corrected chi connectivity index (χ2v) is 5.31. The van der Waals surface area contributed by atoms with Crippen LogP contribution in [0.25, 0.3) is 0 Å². The topological polar surface area (TPSA) is 50.7 Å². The van der Waals surface area contributed by atoms with Crippen molar-refractivity contribution < 1.29 is 14.6 Å². The Labute approximate surface area is 122 Å². The second-order valence-electron chi connectivity index (χ2n) is 5.31. The van der Waals surface area contributed by atoms with Gasteiger partial charge in [-0.2, -0.15) is 0 Å². The standard InChI is InChI=1S/C16H27NO3/c1-5-20-15-9-7-6-8-14(15)13(2)17-12-16(3,18)10-11-19-4/h6-9,13,17-18H,5,10-12H2,1-4H3. The molecule has 2 unspecified atom stereocenters. The van der Waals surface area contributed by atoms with Crippen molar-refractivity contribution in [3.8, 4) is 5.75 Å². The monoisotopic (exact) mass is 281 g/mol. The molecule has 0 fully saturated rings. The third-order valence-corrected chi connectivity index (χ3v) is 3.32. The molecule has 1 aromatic carbocycles. The van der Waals surface area contributed by atoms with Crippen LogP contribution >= 0.6 is 0 Å². The number of hydrogen-bond acceptors (Lipinski definition) is 4. The molecule has 0 aliphatic carbocycles. The minimum Gasteiger partial charge on any atom is -0.494 e. The van der Waals surface area contributed by atoms with E-state index in [1.807, 2.05) is 38.1 Å². The fourth-order valence-corrected chi connectivity index (χ4v) is 2.02. The van der Waals surface area contributed by atoms with Crippen molar-refractivity contribution in [1.82, 2.24) is 5.32 Å². The maximum Gasteiger partial charge on any atom is 0.124 e. The molecule has 114 valence electrons. The van der Waals surface area contributed by atoms with E-state index < -0.39 is 5.60 Å². The highest BCUT2D eigenvalue weighted by Gasteiger charge is 2.21. The minimum absolute atomic E-state index is 0.117. The fourth-order valence-electron chi connectivity index (χ4n) is 2.02. The number of methoxy groups -OCH3 is 1. The molecule has 2 N–H and O–H groups in total. The average Bonchev–Trinajstić information content (AvgIpc) is 2.44. The largest absolute Gasteiger partial charge is 0.494 e. The van der Waals surface area contributed by atoms with Crippen LogP contribution in [0, 0.1) is 0 Å². The number of para-hydroxylation sites is 1. The van der Waals surface area contributed by atoms with Crippen molar-refractivity contribution in [2.75, 3.05) is 26.9 Å². The van der Waals surface area contributed by atoms with E-state index in [0.29, 0.717) is 26.2 Å². The van der Waals surface area contributed by atoms with Gasteiger partial charge < -0.3 is 19.9 Å². The first-order chi connectivity index (χ1) is 9.50. The summed E-state index contributed by atoms with van der Waals surface area (Å²) in [5.41, 5.74) is 0.335. The average molecular weight is 281 g/mol. The lowest BCUT2D eigenvalue weighted by molar-refractivity contribution is 0.0230. The Bertz CT molecular complexity index is 393. The van der Waals surface area contributed by atoms with E-state index in [-0.39, 0.29) is 6.04 Å². The SMILES string of the molecule is CCOc1ccccc1C(C)NCC(C)(O)CCOC. The zero-order chi connectivity index (χ0) is 15.0. The lowest BCUT2D eigenvalue weighted by Gasteiger charge is -2.26. The first-order valence-electron chi connectivity index (χ1n) is 7.16. The molecule has 0 radical (unpaired) electrons. The van der Waals surface area contributed by atoms with Crippen LogP contribution < -0.4 is 10.1 Å². The molecule has 4 heteroatoms. The van der Waals surface area contributed by atoms with Crippen molar-refractivity contribution in [3.05, 3.63) is 29.8 Å². The molecule has 0 aliphatic heterocycles. The number of hydrogen-bond donors (Lipinski definition) is 2. The van der Waals surface area contributed by atoms with Gasteiger partial charge in [-0.25, -0.2) is 0 Å². The Morgan fingerprint density at radius 3 is 2.70 bits per heavy atom. The molecular weight excluding hydrogens is 254 g/mol. The first-order valence-corrected chi connectivity index (χ1v) is 7.16. The highest BCUT2D eigenvalue weighted by atomic mass is 16.5. The lowest BCUT2D eigenvalue weighted by atomic mass is 10.0. The number of benzene rings is 1. The predicted molar refractivity (Wildman–Crippen MR) is 81.1 cm³/mol. The molecule has 0 aromatic heterocycles. The summed E-state index contributed by atoms with van der Waals surface area (Å²) in [7, 11) is 1.64. The van der Waals surface area contributed by atoms with E-state index in [0.717, 1.165) is 11.3 Å². The van der Waals surface area contributed by atoms with Crippen molar-refractivity contribution in [2.24, 2.45) is 0 Å². The van der Waals surface area contributed by atoms with Crippen LogP contribution in [0.2, 0.25) is 0 Å². The molecular formula is C16H27NO3. The fraction of sp³-hybridized carbons (Fsp3) is 0.625. The maximum atomic E-state index is 10.2. The maximum absolute atomic E-state index is 10.2. The Hall–Kier alpha value is -1.10. The highest BCUT2D eigenvalue weighted by Crippen LogP contribution is 2.25. The summed E-state index contributed by atoms with van der Waals surface area (Å²) in [6.07, 6.45) is 0.607. The summed E-state index contributed by atoms with van der Waals surface area (Å²) >= 11 is 0. The van der Waals surface area contributed by atoms with Gasteiger partial charge in [0.15, 0.2) is 0 Å². The number of ether oxygens (including phenoxy) is 2. The molecule has 4 nitrogen and oxygen atoms in total. The molecule has 0 aliphatic rings. The molecule has 0 saturated carbocycles. The van der Waals surface area contributed by atoms with Gasteiger partial charge in [0.25, 0.3) is 0 Å². The summed E-state index contributed by atoms with van der Waals surface area (Å²) in [6.45, 7) is 7.58. The molecule has 0 bridgehead atoms. The van der Waals surface area contributed by atoms with E-state index in [1.165, 1.54) is 0 Å². The summed E-state index contributed by atoms with van der Waals surface area (Å²) in [5.74, 6) is 0.895. The number of rotatable bonds is 9. The first kappa shape index (κ1) is 17.0. The molecule has 20 heavy (non-hydrogen) atoms. The van der Waals surface area contributed by atoms with Gasteiger partial charge in [-0.15, -0.1) is 0 Å². The number of aliphatic hydroxyl groups is 1. The Balaban J connectivity index is 2.60. The van der Waals surface area contributed by atoms with E-state index in [1.54, 1.807) is 7.11 Å². The number of nitrogens with one attached hydrogen (secondary N) is 1. The lowest BCUT2D eigenvalue weighted by Crippen LogP contribution is -2.39. The van der Waals surface area contributed by atoms with Gasteiger partial charge in [0.05, 0.1) is 12.2 Å². The third-order valence-electron chi connectivity index (χ3n) is 3.32. The zero-order valence-corrected chi connectivity index (χ0v) is 13.0. The molecule has 2 atom stereocenters. The normalized spacial score (nSPS) is 15.7. The Morgan fingerprint density at radius 1 is 1.35 bits per heavy atom. The van der Waals surface area contributed by atoms with Gasteiger partial charge in [0.1, 0.15) is 5.75 Å². The Morgan fingerprint density at radius 2 is 2.05 bits per heavy atom. The quantitative estimate of drug-likeness (QED) is 0.730. The van der Waals surface area contributed by atoms with E-state index >= 15 is 0 Å². The van der Waals surface area contributed by atoms with Crippen LogP contribution in [0.15, 0.2) is 24.3 Å². The van der Waals surface area contributed by atoms with E-state index in [2.05, 4.69) is 12.2 Å². The summed E-state index contributed by atoms with van der Waals surface area (Å²) in [5, 5.41) is 13.6. The summed E-state index contributed by atoms with van der Waals surface area (Å²) in [6, 6.07) is 8.11. The van der Waals surface area contributed by atoms with Crippen LogP contribution in [-0.4, -0.2) is 37.6 Å². The predicted octanol–water partition coefficient (Wildman–Crippen LogP) is 2.52. The van der Waals surface area contributed by atoms with Crippen LogP contribution in [0.1, 0.15) is 38.8 Å². The van der Waals surface area contributed by atoms with Crippen LogP contribution in [0.3, 0.4) is 0 Å². The van der Waals surface area contributed by atoms with Crippen molar-refractivity contribution in [3.63, 3.8) is 0 Å². The third kappa shape index (κ3) is 5.49. The summed E-state index contributed by atoms with van der Waals surface area (Å²) < 4.78 is 10.6. The molecule has 1 aromatic rings. The van der Waals surface area contributed by atoms with E-state index in [9.17, 15) is 5.11 Å². The van der Waals surface area contributed by atoms with Crippen LogP contribution in [0.4, 0.5) is 0 Å². The molecule has 1 rings (SSSR count). The van der Waals surface area contributed by atoms with Crippen LogP contribution in [-0.2, 0) is 4.74 Å². The van der Waals surface area contributed by atoms with Gasteiger partial charge in [0, 0.05) is 38.3 Å².